The molecule has 2 aromatic carbocycles. The number of hydrogen-bond acceptors (Lipinski definition) is 3. The number of anilines is 1. The van der Waals surface area contributed by atoms with Gasteiger partial charge in [-0.3, -0.25) is 0 Å². The first kappa shape index (κ1) is 22.5. The minimum absolute atomic E-state index is 0.120. The molecule has 1 heterocycles. The van der Waals surface area contributed by atoms with E-state index in [1.54, 1.807) is 4.31 Å². The zero-order valence-corrected chi connectivity index (χ0v) is 17.8. The third-order valence-electron chi connectivity index (χ3n) is 5.76. The number of carbonyl (C=O) groups is 1. The molecule has 1 saturated heterocycles. The van der Waals surface area contributed by atoms with Crippen molar-refractivity contribution in [3.8, 4) is 0 Å². The van der Waals surface area contributed by atoms with Crippen molar-refractivity contribution in [2.75, 3.05) is 31.6 Å². The summed E-state index contributed by atoms with van der Waals surface area (Å²) in [6.07, 6.45) is -2.60. The van der Waals surface area contributed by atoms with Crippen molar-refractivity contribution in [3.05, 3.63) is 59.7 Å². The van der Waals surface area contributed by atoms with Crippen LogP contribution < -0.4 is 4.90 Å². The van der Waals surface area contributed by atoms with Gasteiger partial charge >= 0.3 is 6.18 Å². The van der Waals surface area contributed by atoms with Crippen LogP contribution in [0.15, 0.2) is 53.4 Å². The quantitative estimate of drug-likeness (QED) is 0.627. The highest BCUT2D eigenvalue weighted by Crippen LogP contribution is 2.40. The molecule has 1 atom stereocenters. The molecule has 0 amide bonds. The number of benzene rings is 2. The Morgan fingerprint density at radius 2 is 1.80 bits per heavy atom. The second kappa shape index (κ2) is 8.89. The highest BCUT2D eigenvalue weighted by molar-refractivity contribution is 7.82. The van der Waals surface area contributed by atoms with Crippen LogP contribution in [0.25, 0.3) is 0 Å². The lowest BCUT2D eigenvalue weighted by atomic mass is 9.73. The summed E-state index contributed by atoms with van der Waals surface area (Å²) in [5.74, 6) is 0. The van der Waals surface area contributed by atoms with E-state index in [4.69, 9.17) is 0 Å². The van der Waals surface area contributed by atoms with Crippen molar-refractivity contribution in [3.63, 3.8) is 0 Å². The standard InChI is InChI=1S/C22H25F3N2O2S/c1-3-26(2)20-10-5-4-9-19(20)21(16-28)11-13-27(14-12-21)30(29)18-8-6-7-17(15-18)22(23,24)25/h4-10,15-16H,3,11-14H2,1-2H3. The van der Waals surface area contributed by atoms with Gasteiger partial charge in [0.15, 0.2) is 0 Å². The first-order valence-corrected chi connectivity index (χ1v) is 10.9. The molecule has 0 aliphatic carbocycles. The summed E-state index contributed by atoms with van der Waals surface area (Å²) in [7, 11) is 0.252. The van der Waals surface area contributed by atoms with Gasteiger partial charge in [-0.2, -0.15) is 13.2 Å². The van der Waals surface area contributed by atoms with Crippen molar-refractivity contribution in [2.24, 2.45) is 0 Å². The molecule has 1 aliphatic rings. The van der Waals surface area contributed by atoms with Crippen LogP contribution >= 0.6 is 0 Å². The molecule has 3 rings (SSSR count). The summed E-state index contributed by atoms with van der Waals surface area (Å²) in [5, 5.41) is 0. The minimum atomic E-state index is -4.48. The maximum absolute atomic E-state index is 13.0. The first-order valence-electron chi connectivity index (χ1n) is 9.83. The molecule has 8 heteroatoms. The fraction of sp³-hybridized carbons (Fsp3) is 0.409. The lowest BCUT2D eigenvalue weighted by molar-refractivity contribution is -0.137. The lowest BCUT2D eigenvalue weighted by Gasteiger charge is -2.39. The van der Waals surface area contributed by atoms with E-state index < -0.39 is 28.1 Å². The molecular formula is C22H25F3N2O2S. The van der Waals surface area contributed by atoms with Crippen molar-refractivity contribution < 1.29 is 22.2 Å². The van der Waals surface area contributed by atoms with E-state index in [1.807, 2.05) is 38.2 Å². The molecule has 2 aromatic rings. The van der Waals surface area contributed by atoms with E-state index in [0.29, 0.717) is 25.9 Å². The smallest absolute Gasteiger partial charge is 0.375 e. The van der Waals surface area contributed by atoms with Crippen molar-refractivity contribution in [1.82, 2.24) is 4.31 Å². The Morgan fingerprint density at radius 3 is 2.40 bits per heavy atom. The van der Waals surface area contributed by atoms with Crippen LogP contribution in [0, 0.1) is 0 Å². The average molecular weight is 439 g/mol. The van der Waals surface area contributed by atoms with Gasteiger partial charge in [0, 0.05) is 32.4 Å². The number of hydrogen-bond donors (Lipinski definition) is 0. The molecule has 0 aromatic heterocycles. The van der Waals surface area contributed by atoms with Gasteiger partial charge in [0.05, 0.1) is 15.9 Å². The van der Waals surface area contributed by atoms with Gasteiger partial charge in [0.2, 0.25) is 0 Å². The molecule has 1 unspecified atom stereocenters. The van der Waals surface area contributed by atoms with Crippen LogP contribution in [0.2, 0.25) is 0 Å². The predicted octanol–water partition coefficient (Wildman–Crippen LogP) is 4.42. The summed E-state index contributed by atoms with van der Waals surface area (Å²) in [6.45, 7) is 3.53. The number of piperidine rings is 1. The summed E-state index contributed by atoms with van der Waals surface area (Å²) in [6, 6.07) is 12.4. The predicted molar refractivity (Wildman–Crippen MR) is 112 cm³/mol. The normalized spacial score (nSPS) is 18.0. The zero-order valence-electron chi connectivity index (χ0n) is 17.0. The molecule has 0 saturated carbocycles. The molecule has 1 aliphatic heterocycles. The fourth-order valence-corrected chi connectivity index (χ4v) is 5.06. The number of nitrogens with zero attached hydrogens (tertiary/aromatic N) is 2. The van der Waals surface area contributed by atoms with Gasteiger partial charge in [-0.15, -0.1) is 0 Å². The van der Waals surface area contributed by atoms with Crippen LogP contribution in [0.3, 0.4) is 0 Å². The maximum Gasteiger partial charge on any atom is 0.416 e. The van der Waals surface area contributed by atoms with Gasteiger partial charge in [0.1, 0.15) is 17.3 Å². The molecule has 0 bridgehead atoms. The van der Waals surface area contributed by atoms with E-state index in [0.717, 1.165) is 36.2 Å². The van der Waals surface area contributed by atoms with E-state index >= 15 is 0 Å². The van der Waals surface area contributed by atoms with E-state index in [9.17, 15) is 22.2 Å². The monoisotopic (exact) mass is 438 g/mol. The molecule has 0 radical (unpaired) electrons. The maximum atomic E-state index is 13.0. The van der Waals surface area contributed by atoms with Gasteiger partial charge in [0.25, 0.3) is 0 Å². The lowest BCUT2D eigenvalue weighted by Crippen LogP contribution is -2.44. The summed E-state index contributed by atoms with van der Waals surface area (Å²) in [5.41, 5.74) is 0.409. The molecule has 0 spiro atoms. The molecule has 1 fully saturated rings. The Bertz CT molecular complexity index is 925. The van der Waals surface area contributed by atoms with Crippen LogP contribution in [-0.2, 0) is 27.4 Å². The molecule has 0 N–H and O–H groups in total. The van der Waals surface area contributed by atoms with E-state index in [-0.39, 0.29) is 4.90 Å². The van der Waals surface area contributed by atoms with Crippen LogP contribution in [0.4, 0.5) is 18.9 Å². The first-order chi connectivity index (χ1) is 14.2. The van der Waals surface area contributed by atoms with Gasteiger partial charge < -0.3 is 9.69 Å². The van der Waals surface area contributed by atoms with E-state index in [2.05, 4.69) is 4.90 Å². The summed E-state index contributed by atoms with van der Waals surface area (Å²) < 4.78 is 53.5. The Hall–Kier alpha value is -2.19. The van der Waals surface area contributed by atoms with Gasteiger partial charge in [-0.1, -0.05) is 24.3 Å². The Balaban J connectivity index is 1.81. The minimum Gasteiger partial charge on any atom is -0.375 e. The number of carbonyl (C=O) groups excluding carboxylic acids is 1. The van der Waals surface area contributed by atoms with Crippen molar-refractivity contribution in [2.45, 2.75) is 36.3 Å². The van der Waals surface area contributed by atoms with Crippen molar-refractivity contribution in [1.29, 1.82) is 0 Å². The Morgan fingerprint density at radius 1 is 1.13 bits per heavy atom. The number of halogens is 3. The number of aldehydes is 1. The van der Waals surface area contributed by atoms with Crippen molar-refractivity contribution >= 4 is 23.0 Å². The molecule has 162 valence electrons. The second-order valence-electron chi connectivity index (χ2n) is 7.51. The summed E-state index contributed by atoms with van der Waals surface area (Å²) >= 11 is 0. The topological polar surface area (TPSA) is 40.6 Å². The molecule has 4 nitrogen and oxygen atoms in total. The highest BCUT2D eigenvalue weighted by atomic mass is 32.2. The second-order valence-corrected chi connectivity index (χ2v) is 9.00. The molecule has 30 heavy (non-hydrogen) atoms. The average Bonchev–Trinajstić information content (AvgIpc) is 2.77. The number of alkyl halides is 3. The van der Waals surface area contributed by atoms with E-state index in [1.165, 1.54) is 12.1 Å². The fourth-order valence-electron chi connectivity index (χ4n) is 3.83. The van der Waals surface area contributed by atoms with Crippen LogP contribution in [0.1, 0.15) is 30.9 Å². The Labute approximate surface area is 177 Å². The SMILES string of the molecule is CCN(C)c1ccccc1C1(C=O)CCN(S(=O)c2cccc(C(F)(F)F)c2)CC1. The Kier molecular flexibility index (Phi) is 6.67. The third kappa shape index (κ3) is 4.44. The van der Waals surface area contributed by atoms with Crippen LogP contribution in [0.5, 0.6) is 0 Å². The largest absolute Gasteiger partial charge is 0.416 e. The molecular weight excluding hydrogens is 413 g/mol. The summed E-state index contributed by atoms with van der Waals surface area (Å²) in [4.78, 5) is 14.4. The highest BCUT2D eigenvalue weighted by Gasteiger charge is 2.40. The number of rotatable bonds is 6. The zero-order chi connectivity index (χ0) is 21.9. The number of para-hydroxylation sites is 1. The van der Waals surface area contributed by atoms with Crippen LogP contribution in [-0.4, -0.2) is 41.5 Å². The third-order valence-corrected chi connectivity index (χ3v) is 7.26. The van der Waals surface area contributed by atoms with Gasteiger partial charge in [-0.25, -0.2) is 8.51 Å². The van der Waals surface area contributed by atoms with Gasteiger partial charge in [-0.05, 0) is 49.6 Å².